The number of halogens is 2. The van der Waals surface area contributed by atoms with Crippen LogP contribution in [0.15, 0.2) is 42.5 Å². The number of benzene rings is 2. The molecule has 0 bridgehead atoms. The van der Waals surface area contributed by atoms with Gasteiger partial charge in [-0.2, -0.15) is 0 Å². The van der Waals surface area contributed by atoms with Crippen molar-refractivity contribution in [2.45, 2.75) is 6.54 Å². The lowest BCUT2D eigenvalue weighted by Gasteiger charge is -2.25. The van der Waals surface area contributed by atoms with E-state index in [0.29, 0.717) is 30.7 Å². The monoisotopic (exact) mass is 376 g/mol. The maximum Gasteiger partial charge on any atom is 0.260 e. The summed E-state index contributed by atoms with van der Waals surface area (Å²) in [7, 11) is 3.72. The zero-order valence-electron chi connectivity index (χ0n) is 15.3. The van der Waals surface area contributed by atoms with Crippen LogP contribution >= 0.6 is 0 Å². The van der Waals surface area contributed by atoms with E-state index in [4.69, 9.17) is 4.74 Å². The molecule has 0 saturated heterocycles. The number of carbonyl (C=O) groups excluding carboxylic acids is 2. The van der Waals surface area contributed by atoms with Gasteiger partial charge >= 0.3 is 0 Å². The Hall–Kier alpha value is -2.80. The molecular weight excluding hydrogens is 354 g/mol. The van der Waals surface area contributed by atoms with E-state index in [-0.39, 0.29) is 24.6 Å². The molecule has 7 heteroatoms. The number of hydrogen-bond donors (Lipinski definition) is 0. The quantitative estimate of drug-likeness (QED) is 0.632. The summed E-state index contributed by atoms with van der Waals surface area (Å²) in [6, 6.07) is 9.85. The third-order valence-corrected chi connectivity index (χ3v) is 3.94. The van der Waals surface area contributed by atoms with Gasteiger partial charge in [-0.15, -0.1) is 0 Å². The molecule has 144 valence electrons. The molecule has 0 aromatic heterocycles. The first-order valence-electron chi connectivity index (χ1n) is 8.44. The predicted octanol–water partition coefficient (Wildman–Crippen LogP) is 2.75. The van der Waals surface area contributed by atoms with Crippen molar-refractivity contribution in [2.24, 2.45) is 0 Å². The summed E-state index contributed by atoms with van der Waals surface area (Å²) in [6.45, 7) is 0.624. The lowest BCUT2D eigenvalue weighted by Crippen LogP contribution is -2.39. The van der Waals surface area contributed by atoms with Crippen LogP contribution in [0.3, 0.4) is 0 Å². The number of para-hydroxylation sites is 1. The number of likely N-dealkylation sites (N-methyl/N-ethyl adjacent to an activating group) is 1. The summed E-state index contributed by atoms with van der Waals surface area (Å²) in [5.74, 6) is -1.43. The fraction of sp³-hybridized carbons (Fsp3) is 0.300. The number of amides is 1. The zero-order chi connectivity index (χ0) is 19.8. The van der Waals surface area contributed by atoms with Crippen molar-refractivity contribution in [1.29, 1.82) is 0 Å². The van der Waals surface area contributed by atoms with Gasteiger partial charge in [-0.1, -0.05) is 18.2 Å². The van der Waals surface area contributed by atoms with Crippen LogP contribution in [0.5, 0.6) is 5.75 Å². The van der Waals surface area contributed by atoms with E-state index < -0.39 is 11.6 Å². The number of ether oxygens (including phenoxy) is 1. The Morgan fingerprint density at radius 3 is 2.52 bits per heavy atom. The van der Waals surface area contributed by atoms with Gasteiger partial charge in [0.25, 0.3) is 5.91 Å². The fourth-order valence-corrected chi connectivity index (χ4v) is 2.41. The maximum absolute atomic E-state index is 14.0. The number of carbonyl (C=O) groups is 2. The maximum atomic E-state index is 14.0. The zero-order valence-corrected chi connectivity index (χ0v) is 15.3. The lowest BCUT2D eigenvalue weighted by atomic mass is 10.2. The van der Waals surface area contributed by atoms with Crippen LogP contribution in [0.1, 0.15) is 15.9 Å². The Balaban J connectivity index is 2.09. The molecule has 0 fully saturated rings. The minimum absolute atomic E-state index is 0.00251. The summed E-state index contributed by atoms with van der Waals surface area (Å²) < 4.78 is 32.5. The van der Waals surface area contributed by atoms with Crippen LogP contribution in [0.4, 0.5) is 8.78 Å². The highest BCUT2D eigenvalue weighted by molar-refractivity contribution is 5.80. The summed E-state index contributed by atoms with van der Waals surface area (Å²) in [4.78, 5) is 27.0. The Morgan fingerprint density at radius 2 is 1.85 bits per heavy atom. The van der Waals surface area contributed by atoms with Gasteiger partial charge in [0, 0.05) is 31.3 Å². The highest BCUT2D eigenvalue weighted by Gasteiger charge is 2.18. The Morgan fingerprint density at radius 1 is 1.11 bits per heavy atom. The van der Waals surface area contributed by atoms with Crippen molar-refractivity contribution in [1.82, 2.24) is 9.80 Å². The summed E-state index contributed by atoms with van der Waals surface area (Å²) in [5, 5.41) is 0. The molecule has 2 aromatic carbocycles. The van der Waals surface area contributed by atoms with Crippen molar-refractivity contribution < 1.29 is 23.1 Å². The molecule has 0 saturated carbocycles. The molecule has 0 radical (unpaired) electrons. The largest absolute Gasteiger partial charge is 0.483 e. The van der Waals surface area contributed by atoms with Crippen molar-refractivity contribution in [3.05, 3.63) is 65.2 Å². The van der Waals surface area contributed by atoms with Crippen LogP contribution in [-0.2, 0) is 11.3 Å². The van der Waals surface area contributed by atoms with Crippen LogP contribution in [-0.4, -0.2) is 55.8 Å². The summed E-state index contributed by atoms with van der Waals surface area (Å²) in [6.07, 6.45) is 0.650. The van der Waals surface area contributed by atoms with Gasteiger partial charge in [-0.05, 0) is 32.3 Å². The molecule has 0 aliphatic rings. The molecule has 2 aromatic rings. The molecule has 27 heavy (non-hydrogen) atoms. The Kier molecular flexibility index (Phi) is 7.43. The molecule has 0 heterocycles. The van der Waals surface area contributed by atoms with Gasteiger partial charge in [0.1, 0.15) is 17.4 Å². The van der Waals surface area contributed by atoms with Gasteiger partial charge in [-0.25, -0.2) is 8.78 Å². The second-order valence-electron chi connectivity index (χ2n) is 6.30. The first kappa shape index (κ1) is 20.5. The van der Waals surface area contributed by atoms with E-state index in [1.807, 2.05) is 19.0 Å². The smallest absolute Gasteiger partial charge is 0.260 e. The first-order valence-corrected chi connectivity index (χ1v) is 8.44. The minimum atomic E-state index is -0.704. The summed E-state index contributed by atoms with van der Waals surface area (Å²) in [5.41, 5.74) is 0.562. The van der Waals surface area contributed by atoms with E-state index in [1.54, 1.807) is 24.3 Å². The van der Waals surface area contributed by atoms with Crippen molar-refractivity contribution in [3.8, 4) is 5.75 Å². The van der Waals surface area contributed by atoms with E-state index in [1.165, 1.54) is 11.0 Å². The molecule has 0 atom stereocenters. The van der Waals surface area contributed by atoms with Crippen molar-refractivity contribution in [3.63, 3.8) is 0 Å². The molecule has 0 aliphatic heterocycles. The second kappa shape index (κ2) is 9.78. The number of rotatable bonds is 9. The number of nitrogens with zero attached hydrogens (tertiary/aromatic N) is 2. The van der Waals surface area contributed by atoms with Gasteiger partial charge in [-0.3, -0.25) is 9.59 Å². The SMILES string of the molecule is CN(C)CCN(Cc1ccc(F)cc1F)C(=O)COc1ccccc1C=O. The topological polar surface area (TPSA) is 49.9 Å². The summed E-state index contributed by atoms with van der Waals surface area (Å²) >= 11 is 0. The first-order chi connectivity index (χ1) is 12.9. The third kappa shape index (κ3) is 6.14. The van der Waals surface area contributed by atoms with Gasteiger partial charge in [0.15, 0.2) is 12.9 Å². The molecule has 0 aliphatic carbocycles. The normalized spacial score (nSPS) is 10.7. The van der Waals surface area contributed by atoms with Crippen LogP contribution in [0.2, 0.25) is 0 Å². The minimum Gasteiger partial charge on any atom is -0.483 e. The lowest BCUT2D eigenvalue weighted by molar-refractivity contribution is -0.134. The third-order valence-electron chi connectivity index (χ3n) is 3.94. The van der Waals surface area contributed by atoms with Gasteiger partial charge < -0.3 is 14.5 Å². The molecule has 2 rings (SSSR count). The second-order valence-corrected chi connectivity index (χ2v) is 6.30. The Bertz CT molecular complexity index is 797. The molecule has 0 spiro atoms. The fourth-order valence-electron chi connectivity index (χ4n) is 2.41. The molecular formula is C20H22F2N2O3. The van der Waals surface area contributed by atoms with E-state index in [2.05, 4.69) is 0 Å². The van der Waals surface area contributed by atoms with Crippen LogP contribution in [0.25, 0.3) is 0 Å². The van der Waals surface area contributed by atoms with E-state index >= 15 is 0 Å². The van der Waals surface area contributed by atoms with Gasteiger partial charge in [0.05, 0.1) is 5.56 Å². The molecule has 5 nitrogen and oxygen atoms in total. The Labute approximate surface area is 157 Å². The average Bonchev–Trinajstić information content (AvgIpc) is 2.64. The van der Waals surface area contributed by atoms with Crippen molar-refractivity contribution >= 4 is 12.2 Å². The number of aldehydes is 1. The van der Waals surface area contributed by atoms with Crippen molar-refractivity contribution in [2.75, 3.05) is 33.8 Å². The molecule has 0 unspecified atom stereocenters. The highest BCUT2D eigenvalue weighted by atomic mass is 19.1. The van der Waals surface area contributed by atoms with Gasteiger partial charge in [0.2, 0.25) is 0 Å². The average molecular weight is 376 g/mol. The molecule has 1 amide bonds. The number of hydrogen-bond acceptors (Lipinski definition) is 4. The van der Waals surface area contributed by atoms with Crippen LogP contribution < -0.4 is 4.74 Å². The van der Waals surface area contributed by atoms with Crippen LogP contribution in [0, 0.1) is 11.6 Å². The standard InChI is InChI=1S/C20H22F2N2O3/c1-23(2)9-10-24(12-15-7-8-17(21)11-18(15)22)20(26)14-27-19-6-4-3-5-16(19)13-25/h3-8,11,13H,9-10,12,14H2,1-2H3. The van der Waals surface area contributed by atoms with E-state index in [9.17, 15) is 18.4 Å². The molecule has 0 N–H and O–H groups in total. The predicted molar refractivity (Wildman–Crippen MR) is 97.7 cm³/mol. The van der Waals surface area contributed by atoms with E-state index in [0.717, 1.165) is 12.1 Å². The highest BCUT2D eigenvalue weighted by Crippen LogP contribution is 2.16.